The van der Waals surface area contributed by atoms with Crippen molar-refractivity contribution in [2.45, 2.75) is 26.4 Å². The number of primary amides is 1. The smallest absolute Gasteiger partial charge is 0.248 e. The molecule has 0 bridgehead atoms. The predicted molar refractivity (Wildman–Crippen MR) is 81.5 cm³/mol. The molecule has 22 heavy (non-hydrogen) atoms. The SMILES string of the molecule is Cc1cccc(OCCC(=O)N2CCOC(C(N)=O)C2)c1C. The van der Waals surface area contributed by atoms with Crippen LogP contribution in [-0.4, -0.2) is 49.1 Å². The van der Waals surface area contributed by atoms with Gasteiger partial charge in [-0.15, -0.1) is 0 Å². The van der Waals surface area contributed by atoms with Gasteiger partial charge >= 0.3 is 0 Å². The highest BCUT2D eigenvalue weighted by atomic mass is 16.5. The van der Waals surface area contributed by atoms with E-state index in [1.807, 2.05) is 32.0 Å². The maximum atomic E-state index is 12.1. The van der Waals surface area contributed by atoms with E-state index in [0.29, 0.717) is 19.8 Å². The van der Waals surface area contributed by atoms with Crippen LogP contribution in [0.25, 0.3) is 0 Å². The van der Waals surface area contributed by atoms with Crippen LogP contribution in [0.3, 0.4) is 0 Å². The zero-order chi connectivity index (χ0) is 16.1. The third-order valence-corrected chi connectivity index (χ3v) is 3.86. The lowest BCUT2D eigenvalue weighted by Crippen LogP contribution is -2.50. The highest BCUT2D eigenvalue weighted by Crippen LogP contribution is 2.20. The number of hydrogen-bond donors (Lipinski definition) is 1. The van der Waals surface area contributed by atoms with Crippen molar-refractivity contribution < 1.29 is 19.1 Å². The number of nitrogens with two attached hydrogens (primary N) is 1. The van der Waals surface area contributed by atoms with Crippen LogP contribution in [0.5, 0.6) is 5.75 Å². The van der Waals surface area contributed by atoms with Crippen LogP contribution in [-0.2, 0) is 14.3 Å². The molecule has 2 amide bonds. The molecule has 0 saturated carbocycles. The van der Waals surface area contributed by atoms with E-state index in [1.165, 1.54) is 0 Å². The summed E-state index contributed by atoms with van der Waals surface area (Å²) in [6, 6.07) is 5.84. The maximum absolute atomic E-state index is 12.1. The first-order valence-corrected chi connectivity index (χ1v) is 7.36. The maximum Gasteiger partial charge on any atom is 0.248 e. The predicted octanol–water partition coefficient (Wildman–Crippen LogP) is 0.785. The lowest BCUT2D eigenvalue weighted by Gasteiger charge is -2.31. The van der Waals surface area contributed by atoms with E-state index in [0.717, 1.165) is 16.9 Å². The van der Waals surface area contributed by atoms with Gasteiger partial charge in [-0.25, -0.2) is 0 Å². The number of carbonyl (C=O) groups excluding carboxylic acids is 2. The van der Waals surface area contributed by atoms with Gasteiger partial charge < -0.3 is 20.1 Å². The summed E-state index contributed by atoms with van der Waals surface area (Å²) in [6.07, 6.45) is -0.448. The molecule has 2 N–H and O–H groups in total. The minimum Gasteiger partial charge on any atom is -0.493 e. The van der Waals surface area contributed by atoms with Gasteiger partial charge in [0, 0.05) is 6.54 Å². The summed E-state index contributed by atoms with van der Waals surface area (Å²) in [6.45, 7) is 5.35. The number of aryl methyl sites for hydroxylation is 1. The summed E-state index contributed by atoms with van der Waals surface area (Å²) >= 11 is 0. The first kappa shape index (κ1) is 16.3. The van der Waals surface area contributed by atoms with Crippen LogP contribution in [0, 0.1) is 13.8 Å². The Morgan fingerprint density at radius 1 is 1.41 bits per heavy atom. The molecule has 0 aromatic heterocycles. The number of benzene rings is 1. The van der Waals surface area contributed by atoms with Crippen LogP contribution in [0.15, 0.2) is 18.2 Å². The molecular formula is C16H22N2O4. The van der Waals surface area contributed by atoms with Gasteiger partial charge in [-0.1, -0.05) is 12.1 Å². The fourth-order valence-electron chi connectivity index (χ4n) is 2.33. The molecule has 1 fully saturated rings. The fraction of sp³-hybridized carbons (Fsp3) is 0.500. The zero-order valence-corrected chi connectivity index (χ0v) is 13.0. The minimum absolute atomic E-state index is 0.0557. The second kappa shape index (κ2) is 7.26. The molecule has 0 aliphatic carbocycles. The van der Waals surface area contributed by atoms with Crippen molar-refractivity contribution in [3.05, 3.63) is 29.3 Å². The van der Waals surface area contributed by atoms with E-state index in [9.17, 15) is 9.59 Å². The first-order chi connectivity index (χ1) is 10.5. The molecule has 1 atom stereocenters. The molecule has 1 saturated heterocycles. The quantitative estimate of drug-likeness (QED) is 0.872. The van der Waals surface area contributed by atoms with Crippen LogP contribution in [0.4, 0.5) is 0 Å². The Morgan fingerprint density at radius 2 is 2.18 bits per heavy atom. The van der Waals surface area contributed by atoms with Crippen LogP contribution >= 0.6 is 0 Å². The highest BCUT2D eigenvalue weighted by Gasteiger charge is 2.27. The lowest BCUT2D eigenvalue weighted by atomic mass is 10.1. The van der Waals surface area contributed by atoms with Crippen LogP contribution < -0.4 is 10.5 Å². The monoisotopic (exact) mass is 306 g/mol. The number of carbonyl (C=O) groups is 2. The van der Waals surface area contributed by atoms with Crippen LogP contribution in [0.1, 0.15) is 17.5 Å². The van der Waals surface area contributed by atoms with Crippen molar-refractivity contribution >= 4 is 11.8 Å². The van der Waals surface area contributed by atoms with E-state index in [-0.39, 0.29) is 18.9 Å². The Labute approximate surface area is 130 Å². The molecule has 1 aliphatic rings. The van der Waals surface area contributed by atoms with Gasteiger partial charge in [0.05, 0.1) is 26.2 Å². The zero-order valence-electron chi connectivity index (χ0n) is 13.0. The summed E-state index contributed by atoms with van der Waals surface area (Å²) in [5.41, 5.74) is 7.44. The largest absolute Gasteiger partial charge is 0.493 e. The average molecular weight is 306 g/mol. The normalized spacial score (nSPS) is 18.1. The number of morpholine rings is 1. The molecule has 1 heterocycles. The van der Waals surface area contributed by atoms with Gasteiger partial charge in [-0.05, 0) is 31.0 Å². The van der Waals surface area contributed by atoms with Crippen molar-refractivity contribution in [1.29, 1.82) is 0 Å². The van der Waals surface area contributed by atoms with Crippen LogP contribution in [0.2, 0.25) is 0 Å². The number of ether oxygens (including phenoxy) is 2. The Morgan fingerprint density at radius 3 is 2.91 bits per heavy atom. The van der Waals surface area contributed by atoms with Gasteiger partial charge in [-0.2, -0.15) is 0 Å². The van der Waals surface area contributed by atoms with E-state index in [4.69, 9.17) is 15.2 Å². The molecule has 2 rings (SSSR count). The number of rotatable bonds is 5. The Balaban J connectivity index is 1.82. The van der Waals surface area contributed by atoms with Gasteiger partial charge in [0.15, 0.2) is 6.10 Å². The standard InChI is InChI=1S/C16H22N2O4/c1-11-4-3-5-13(12(11)2)21-8-6-15(19)18-7-9-22-14(10-18)16(17)20/h3-5,14H,6-10H2,1-2H3,(H2,17,20). The Kier molecular flexibility index (Phi) is 5.38. The minimum atomic E-state index is -0.711. The van der Waals surface area contributed by atoms with E-state index >= 15 is 0 Å². The van der Waals surface area contributed by atoms with E-state index in [2.05, 4.69) is 0 Å². The fourth-order valence-corrected chi connectivity index (χ4v) is 2.33. The third kappa shape index (κ3) is 3.98. The van der Waals surface area contributed by atoms with Crippen molar-refractivity contribution in [2.24, 2.45) is 5.73 Å². The second-order valence-corrected chi connectivity index (χ2v) is 5.40. The highest BCUT2D eigenvalue weighted by molar-refractivity contribution is 5.81. The Hall–Kier alpha value is -2.08. The first-order valence-electron chi connectivity index (χ1n) is 7.36. The number of amides is 2. The molecule has 0 radical (unpaired) electrons. The second-order valence-electron chi connectivity index (χ2n) is 5.40. The molecule has 6 heteroatoms. The molecule has 1 aromatic rings. The lowest BCUT2D eigenvalue weighted by molar-refractivity contribution is -0.145. The third-order valence-electron chi connectivity index (χ3n) is 3.86. The van der Waals surface area contributed by atoms with Crippen molar-refractivity contribution in [3.63, 3.8) is 0 Å². The van der Waals surface area contributed by atoms with E-state index < -0.39 is 12.0 Å². The molecule has 0 spiro atoms. The molecule has 1 aromatic carbocycles. The molecule has 120 valence electrons. The Bertz CT molecular complexity index is 559. The van der Waals surface area contributed by atoms with Gasteiger partial charge in [0.2, 0.25) is 11.8 Å². The molecule has 1 unspecified atom stereocenters. The summed E-state index contributed by atoms with van der Waals surface area (Å²) < 4.78 is 10.9. The summed E-state index contributed by atoms with van der Waals surface area (Å²) in [7, 11) is 0. The van der Waals surface area contributed by atoms with Gasteiger partial charge in [-0.3, -0.25) is 9.59 Å². The van der Waals surface area contributed by atoms with Crippen molar-refractivity contribution in [3.8, 4) is 5.75 Å². The summed E-state index contributed by atoms with van der Waals surface area (Å²) in [5, 5.41) is 0. The van der Waals surface area contributed by atoms with Crippen molar-refractivity contribution in [1.82, 2.24) is 4.90 Å². The van der Waals surface area contributed by atoms with Crippen molar-refractivity contribution in [2.75, 3.05) is 26.3 Å². The van der Waals surface area contributed by atoms with E-state index in [1.54, 1.807) is 4.90 Å². The number of nitrogens with zero attached hydrogens (tertiary/aromatic N) is 1. The van der Waals surface area contributed by atoms with Gasteiger partial charge in [0.1, 0.15) is 5.75 Å². The topological polar surface area (TPSA) is 81.9 Å². The number of hydrogen-bond acceptors (Lipinski definition) is 4. The van der Waals surface area contributed by atoms with Gasteiger partial charge in [0.25, 0.3) is 0 Å². The molecular weight excluding hydrogens is 284 g/mol. The summed E-state index contributed by atoms with van der Waals surface area (Å²) in [4.78, 5) is 24.9. The summed E-state index contributed by atoms with van der Waals surface area (Å²) in [5.74, 6) is 0.203. The molecule has 1 aliphatic heterocycles. The average Bonchev–Trinajstić information content (AvgIpc) is 2.51. The molecule has 6 nitrogen and oxygen atoms in total.